The topological polar surface area (TPSA) is 35.5 Å². The zero-order chi connectivity index (χ0) is 12.3. The Kier molecular flexibility index (Phi) is 3.79. The van der Waals surface area contributed by atoms with Crippen LogP contribution in [0.1, 0.15) is 25.3 Å². The quantitative estimate of drug-likeness (QED) is 0.802. The molecule has 0 radical (unpaired) electrons. The molecule has 3 heteroatoms. The Labute approximate surface area is 102 Å². The lowest BCUT2D eigenvalue weighted by molar-refractivity contribution is -0.128. The van der Waals surface area contributed by atoms with E-state index in [2.05, 4.69) is 0 Å². The largest absolute Gasteiger partial charge is 0.497 e. The molecule has 1 aliphatic heterocycles. The third-order valence-electron chi connectivity index (χ3n) is 3.10. The first kappa shape index (κ1) is 12.1. The zero-order valence-corrected chi connectivity index (χ0v) is 10.3. The van der Waals surface area contributed by atoms with Crippen molar-refractivity contribution >= 4 is 5.78 Å². The van der Waals surface area contributed by atoms with Crippen LogP contribution in [0.4, 0.5) is 0 Å². The SMILES string of the molecule is COc1cccc(CC(=O)C2CCC(C)O2)c1. The number of carbonyl (C=O) groups is 1. The van der Waals surface area contributed by atoms with Crippen molar-refractivity contribution in [3.05, 3.63) is 29.8 Å². The summed E-state index contributed by atoms with van der Waals surface area (Å²) < 4.78 is 10.7. The normalized spacial score (nSPS) is 23.6. The minimum atomic E-state index is -0.212. The van der Waals surface area contributed by atoms with E-state index in [0.29, 0.717) is 6.42 Å². The summed E-state index contributed by atoms with van der Waals surface area (Å²) >= 11 is 0. The van der Waals surface area contributed by atoms with Crippen molar-refractivity contribution in [2.75, 3.05) is 7.11 Å². The molecule has 2 atom stereocenters. The van der Waals surface area contributed by atoms with Gasteiger partial charge < -0.3 is 9.47 Å². The molecule has 0 amide bonds. The Morgan fingerprint density at radius 3 is 2.94 bits per heavy atom. The van der Waals surface area contributed by atoms with E-state index in [0.717, 1.165) is 24.2 Å². The molecule has 1 aliphatic rings. The number of ether oxygens (including phenoxy) is 2. The number of rotatable bonds is 4. The lowest BCUT2D eigenvalue weighted by atomic mass is 10.0. The molecule has 0 N–H and O–H groups in total. The Balaban J connectivity index is 1.98. The van der Waals surface area contributed by atoms with Gasteiger partial charge in [-0.2, -0.15) is 0 Å². The average molecular weight is 234 g/mol. The summed E-state index contributed by atoms with van der Waals surface area (Å²) in [6, 6.07) is 7.62. The fraction of sp³-hybridized carbons (Fsp3) is 0.500. The number of methoxy groups -OCH3 is 1. The highest BCUT2D eigenvalue weighted by Gasteiger charge is 2.27. The fourth-order valence-electron chi connectivity index (χ4n) is 2.14. The Bertz CT molecular complexity index is 400. The van der Waals surface area contributed by atoms with Gasteiger partial charge in [0.1, 0.15) is 11.9 Å². The van der Waals surface area contributed by atoms with Crippen molar-refractivity contribution in [3.8, 4) is 5.75 Å². The molecule has 17 heavy (non-hydrogen) atoms. The molecule has 2 rings (SSSR count). The second kappa shape index (κ2) is 5.32. The van der Waals surface area contributed by atoms with Crippen LogP contribution < -0.4 is 4.74 Å². The summed E-state index contributed by atoms with van der Waals surface area (Å²) in [5.41, 5.74) is 0.984. The lowest BCUT2D eigenvalue weighted by Gasteiger charge is -2.10. The van der Waals surface area contributed by atoms with Crippen LogP contribution in [0, 0.1) is 0 Å². The molecular weight excluding hydrogens is 216 g/mol. The van der Waals surface area contributed by atoms with Gasteiger partial charge in [-0.15, -0.1) is 0 Å². The number of ketones is 1. The summed E-state index contributed by atoms with van der Waals surface area (Å²) in [7, 11) is 1.63. The maximum Gasteiger partial charge on any atom is 0.165 e. The molecule has 92 valence electrons. The second-order valence-corrected chi connectivity index (χ2v) is 4.51. The number of hydrogen-bond acceptors (Lipinski definition) is 3. The summed E-state index contributed by atoms with van der Waals surface area (Å²) in [5, 5.41) is 0. The van der Waals surface area contributed by atoms with Crippen LogP contribution in [-0.2, 0) is 16.0 Å². The van der Waals surface area contributed by atoms with Gasteiger partial charge in [-0.05, 0) is 37.5 Å². The van der Waals surface area contributed by atoms with Crippen LogP contribution in [0.5, 0.6) is 5.75 Å². The van der Waals surface area contributed by atoms with Crippen molar-refractivity contribution in [2.24, 2.45) is 0 Å². The van der Waals surface area contributed by atoms with Gasteiger partial charge in [0.2, 0.25) is 0 Å². The molecule has 0 bridgehead atoms. The van der Waals surface area contributed by atoms with Crippen molar-refractivity contribution in [2.45, 2.75) is 38.4 Å². The molecule has 0 aromatic heterocycles. The fourth-order valence-corrected chi connectivity index (χ4v) is 2.14. The van der Waals surface area contributed by atoms with Crippen molar-refractivity contribution in [1.29, 1.82) is 0 Å². The number of Topliss-reactive ketones (excluding diaryl/α,β-unsaturated/α-hetero) is 1. The Morgan fingerprint density at radius 1 is 1.47 bits per heavy atom. The van der Waals surface area contributed by atoms with Crippen LogP contribution in [0.2, 0.25) is 0 Å². The van der Waals surface area contributed by atoms with Crippen LogP contribution in [0.15, 0.2) is 24.3 Å². The first-order chi connectivity index (χ1) is 8.19. The van der Waals surface area contributed by atoms with E-state index < -0.39 is 0 Å². The van der Waals surface area contributed by atoms with Gasteiger partial charge in [0, 0.05) is 6.42 Å². The van der Waals surface area contributed by atoms with Gasteiger partial charge in [0.25, 0.3) is 0 Å². The van der Waals surface area contributed by atoms with Crippen LogP contribution in [0.3, 0.4) is 0 Å². The summed E-state index contributed by atoms with van der Waals surface area (Å²) in [4.78, 5) is 12.0. The molecule has 1 fully saturated rings. The molecule has 1 aromatic rings. The van der Waals surface area contributed by atoms with E-state index in [1.54, 1.807) is 7.11 Å². The maximum absolute atomic E-state index is 12.0. The van der Waals surface area contributed by atoms with E-state index in [4.69, 9.17) is 9.47 Å². The molecule has 3 nitrogen and oxygen atoms in total. The lowest BCUT2D eigenvalue weighted by Crippen LogP contribution is -2.22. The van der Waals surface area contributed by atoms with Gasteiger partial charge >= 0.3 is 0 Å². The van der Waals surface area contributed by atoms with Gasteiger partial charge in [-0.25, -0.2) is 0 Å². The van der Waals surface area contributed by atoms with Crippen LogP contribution in [-0.4, -0.2) is 25.1 Å². The predicted molar refractivity (Wildman–Crippen MR) is 65.3 cm³/mol. The van der Waals surface area contributed by atoms with E-state index in [1.165, 1.54) is 0 Å². The van der Waals surface area contributed by atoms with Gasteiger partial charge in [-0.3, -0.25) is 4.79 Å². The molecule has 0 aliphatic carbocycles. The zero-order valence-electron chi connectivity index (χ0n) is 10.3. The van der Waals surface area contributed by atoms with E-state index in [-0.39, 0.29) is 18.0 Å². The van der Waals surface area contributed by atoms with Crippen LogP contribution >= 0.6 is 0 Å². The third-order valence-corrected chi connectivity index (χ3v) is 3.10. The maximum atomic E-state index is 12.0. The van der Waals surface area contributed by atoms with E-state index in [9.17, 15) is 4.79 Å². The summed E-state index contributed by atoms with van der Waals surface area (Å²) in [6.45, 7) is 2.01. The summed E-state index contributed by atoms with van der Waals surface area (Å²) in [6.07, 6.45) is 2.26. The Morgan fingerprint density at radius 2 is 2.29 bits per heavy atom. The second-order valence-electron chi connectivity index (χ2n) is 4.51. The highest BCUT2D eigenvalue weighted by molar-refractivity contribution is 5.85. The molecule has 1 aromatic carbocycles. The molecule has 0 spiro atoms. The number of hydrogen-bond donors (Lipinski definition) is 0. The van der Waals surface area contributed by atoms with Gasteiger partial charge in [0.15, 0.2) is 5.78 Å². The molecular formula is C14H18O3. The van der Waals surface area contributed by atoms with E-state index in [1.807, 2.05) is 31.2 Å². The number of carbonyl (C=O) groups excluding carboxylic acids is 1. The highest BCUT2D eigenvalue weighted by atomic mass is 16.5. The van der Waals surface area contributed by atoms with Crippen molar-refractivity contribution in [3.63, 3.8) is 0 Å². The highest BCUT2D eigenvalue weighted by Crippen LogP contribution is 2.21. The summed E-state index contributed by atoms with van der Waals surface area (Å²) in [5.74, 6) is 0.957. The minimum Gasteiger partial charge on any atom is -0.497 e. The average Bonchev–Trinajstić information content (AvgIpc) is 2.76. The first-order valence-electron chi connectivity index (χ1n) is 6.00. The van der Waals surface area contributed by atoms with Crippen molar-refractivity contribution in [1.82, 2.24) is 0 Å². The smallest absolute Gasteiger partial charge is 0.165 e. The van der Waals surface area contributed by atoms with Crippen molar-refractivity contribution < 1.29 is 14.3 Å². The molecule has 0 saturated carbocycles. The molecule has 2 unspecified atom stereocenters. The number of benzene rings is 1. The van der Waals surface area contributed by atoms with Gasteiger partial charge in [0.05, 0.1) is 13.2 Å². The van der Waals surface area contributed by atoms with E-state index >= 15 is 0 Å². The first-order valence-corrected chi connectivity index (χ1v) is 6.00. The monoisotopic (exact) mass is 234 g/mol. The van der Waals surface area contributed by atoms with Crippen LogP contribution in [0.25, 0.3) is 0 Å². The minimum absolute atomic E-state index is 0.169. The Hall–Kier alpha value is -1.35. The standard InChI is InChI=1S/C14H18O3/c1-10-6-7-14(17-10)13(15)9-11-4-3-5-12(8-11)16-2/h3-5,8,10,14H,6-7,9H2,1-2H3. The predicted octanol–water partition coefficient (Wildman–Crippen LogP) is 2.37. The molecule has 1 heterocycles. The van der Waals surface area contributed by atoms with Gasteiger partial charge in [-0.1, -0.05) is 12.1 Å². The third kappa shape index (κ3) is 3.07. The molecule has 1 saturated heterocycles.